The fraction of sp³-hybridized carbons (Fsp3) is 0.673. The highest BCUT2D eigenvalue weighted by molar-refractivity contribution is 7.47. The lowest BCUT2D eigenvalue weighted by molar-refractivity contribution is -0.161. The second-order valence-electron chi connectivity index (χ2n) is 32.8. The maximum atomic E-state index is 13.1. The number of ether oxygens (including phenoxy) is 3. The molecule has 0 fully saturated rings. The summed E-state index contributed by atoms with van der Waals surface area (Å²) in [4.78, 5) is 59.1. The monoisotopic (exact) mass is 1780 g/mol. The normalized spacial score (nSPS) is 14.5. The van der Waals surface area contributed by atoms with Gasteiger partial charge in [-0.25, -0.2) is 9.13 Å². The summed E-state index contributed by atoms with van der Waals surface area (Å²) in [7, 11) is -9.83. The van der Waals surface area contributed by atoms with Crippen LogP contribution in [0.5, 0.6) is 0 Å². The Kier molecular flexibility index (Phi) is 93.1. The van der Waals surface area contributed by atoms with Crippen LogP contribution in [0.15, 0.2) is 194 Å². The zero-order valence-corrected chi connectivity index (χ0v) is 80.7. The molecule has 0 aliphatic carbocycles. The minimum atomic E-state index is -4.96. The predicted molar refractivity (Wildman–Crippen MR) is 528 cm³/mol. The van der Waals surface area contributed by atoms with Gasteiger partial charge < -0.3 is 34.2 Å². The van der Waals surface area contributed by atoms with Gasteiger partial charge in [-0.05, 0) is 161 Å². The van der Waals surface area contributed by atoms with Crippen molar-refractivity contribution < 1.29 is 75.8 Å². The molecule has 16 nitrogen and oxygen atoms in total. The lowest BCUT2D eigenvalue weighted by Crippen LogP contribution is -2.30. The van der Waals surface area contributed by atoms with E-state index in [4.69, 9.17) is 32.3 Å². The van der Waals surface area contributed by atoms with Gasteiger partial charge in [0, 0.05) is 19.3 Å². The largest absolute Gasteiger partial charge is 0.472 e. The van der Waals surface area contributed by atoms with E-state index >= 15 is 0 Å². The van der Waals surface area contributed by atoms with Gasteiger partial charge in [-0.3, -0.25) is 32.5 Å². The molecule has 0 amide bonds. The van der Waals surface area contributed by atoms with Gasteiger partial charge >= 0.3 is 33.6 Å². The molecule has 125 heavy (non-hydrogen) atoms. The minimum Gasteiger partial charge on any atom is -0.463 e. The van der Waals surface area contributed by atoms with Crippen molar-refractivity contribution in [1.82, 2.24) is 0 Å². The molecule has 0 aliphatic rings. The van der Waals surface area contributed by atoms with Gasteiger partial charge in [-0.1, -0.05) is 421 Å². The van der Waals surface area contributed by atoms with Crippen LogP contribution < -0.4 is 0 Å². The number of phosphoric acid groups is 2. The highest BCUT2D eigenvalue weighted by Gasteiger charge is 2.30. The zero-order chi connectivity index (χ0) is 90.7. The van der Waals surface area contributed by atoms with E-state index in [2.05, 4.69) is 215 Å². The number of phosphoric ester groups is 2. The highest BCUT2D eigenvalue weighted by Crippen LogP contribution is 2.45. The summed E-state index contributed by atoms with van der Waals surface area (Å²) in [6.45, 7) is 2.35. The minimum absolute atomic E-state index is 0.0624. The van der Waals surface area contributed by atoms with Crippen LogP contribution in [0, 0.1) is 0 Å². The summed E-state index contributed by atoms with van der Waals surface area (Å²) >= 11 is 0. The maximum Gasteiger partial charge on any atom is 0.472 e. The lowest BCUT2D eigenvalue weighted by Gasteiger charge is -2.21. The molecule has 0 saturated carbocycles. The molecule has 0 radical (unpaired) electrons. The van der Waals surface area contributed by atoms with Crippen LogP contribution in [0.1, 0.15) is 406 Å². The molecular weight excluding hydrogens is 1600 g/mol. The van der Waals surface area contributed by atoms with E-state index in [0.717, 1.165) is 161 Å². The molecule has 4 N–H and O–H groups in total. The Morgan fingerprint density at radius 2 is 0.400 bits per heavy atom. The van der Waals surface area contributed by atoms with Gasteiger partial charge in [0.05, 0.1) is 26.4 Å². The number of esters is 3. The number of hydrogen-bond acceptors (Lipinski definition) is 14. The number of allylic oxidation sites excluding steroid dienone is 32. The summed E-state index contributed by atoms with van der Waals surface area (Å²) < 4.78 is 61.5. The predicted octanol–water partition coefficient (Wildman–Crippen LogP) is 31.3. The van der Waals surface area contributed by atoms with Crippen molar-refractivity contribution in [2.75, 3.05) is 39.6 Å². The van der Waals surface area contributed by atoms with Crippen LogP contribution in [0.2, 0.25) is 0 Å². The number of aliphatic hydroxyl groups excluding tert-OH is 2. The number of rotatable bonds is 93. The van der Waals surface area contributed by atoms with Gasteiger partial charge in [-0.2, -0.15) is 0 Å². The van der Waals surface area contributed by atoms with E-state index in [1.54, 1.807) is 0 Å². The Bertz CT molecular complexity index is 3050. The third kappa shape index (κ3) is 98.8. The Morgan fingerprint density at radius 1 is 0.224 bits per heavy atom. The molecule has 0 saturated heterocycles. The Morgan fingerprint density at radius 3 is 0.640 bits per heavy atom. The number of unbranched alkanes of at least 4 members (excludes halogenated alkanes) is 38. The van der Waals surface area contributed by atoms with Crippen molar-refractivity contribution in [2.24, 2.45) is 0 Å². The number of carbonyl (C=O) groups is 3. The molecule has 0 aromatic rings. The van der Waals surface area contributed by atoms with E-state index in [1.165, 1.54) is 186 Å². The molecule has 714 valence electrons. The van der Waals surface area contributed by atoms with Gasteiger partial charge in [0.1, 0.15) is 25.4 Å². The third-order valence-electron chi connectivity index (χ3n) is 20.8. The van der Waals surface area contributed by atoms with E-state index in [-0.39, 0.29) is 19.3 Å². The third-order valence-corrected chi connectivity index (χ3v) is 22.7. The van der Waals surface area contributed by atoms with E-state index in [1.807, 2.05) is 0 Å². The average Bonchev–Trinajstić information content (AvgIpc) is 0.893. The summed E-state index contributed by atoms with van der Waals surface area (Å²) in [6, 6.07) is 0. The quantitative estimate of drug-likeness (QED) is 0.0146. The Hall–Kier alpha value is -5.61. The van der Waals surface area contributed by atoms with Crippen molar-refractivity contribution in [3.8, 4) is 0 Å². The highest BCUT2D eigenvalue weighted by atomic mass is 31.2. The topological polar surface area (TPSA) is 231 Å². The van der Waals surface area contributed by atoms with Gasteiger partial charge in [0.25, 0.3) is 0 Å². The van der Waals surface area contributed by atoms with Crippen molar-refractivity contribution in [1.29, 1.82) is 0 Å². The van der Waals surface area contributed by atoms with Gasteiger partial charge in [-0.15, -0.1) is 0 Å². The molecule has 0 aromatic heterocycles. The molecule has 5 atom stereocenters. The van der Waals surface area contributed by atoms with Crippen LogP contribution in [0.4, 0.5) is 0 Å². The Labute approximate surface area is 763 Å². The molecule has 0 aromatic carbocycles. The van der Waals surface area contributed by atoms with E-state index in [9.17, 15) is 43.5 Å². The van der Waals surface area contributed by atoms with Crippen molar-refractivity contribution >= 4 is 33.6 Å². The smallest absolute Gasteiger partial charge is 0.463 e. The van der Waals surface area contributed by atoms with E-state index < -0.39 is 91.5 Å². The van der Waals surface area contributed by atoms with Crippen LogP contribution >= 0.6 is 15.6 Å². The van der Waals surface area contributed by atoms with Crippen LogP contribution in [-0.2, 0) is 55.8 Å². The molecule has 0 aliphatic heterocycles. The first-order chi connectivity index (χ1) is 61.2. The van der Waals surface area contributed by atoms with Crippen LogP contribution in [0.25, 0.3) is 0 Å². The fourth-order valence-electron chi connectivity index (χ4n) is 13.4. The molecule has 0 spiro atoms. The summed E-state index contributed by atoms with van der Waals surface area (Å²) in [6.07, 6.45) is 131. The van der Waals surface area contributed by atoms with E-state index in [0.29, 0.717) is 19.3 Å². The first kappa shape index (κ1) is 119. The van der Waals surface area contributed by atoms with Crippen molar-refractivity contribution in [3.63, 3.8) is 0 Å². The first-order valence-corrected chi connectivity index (χ1v) is 52.7. The number of carbonyl (C=O) groups excluding carboxylic acids is 3. The molecule has 0 bridgehead atoms. The average molecular weight is 1780 g/mol. The summed E-state index contributed by atoms with van der Waals surface area (Å²) in [5, 5.41) is 20.8. The first-order valence-electron chi connectivity index (χ1n) is 49.7. The summed E-state index contributed by atoms with van der Waals surface area (Å²) in [5.74, 6) is -1.60. The molecule has 18 heteroatoms. The summed E-state index contributed by atoms with van der Waals surface area (Å²) in [5.41, 5.74) is 0. The standard InChI is InChI=1S/C107H180O16P2/c1-4-7-10-13-16-19-22-25-28-31-34-36-38-40-42-44-46-48-50-52-54-56-58-60-62-64-67-69-72-75-78-81-84-87-90-93-105(110)117-96-102(108)97-119-124(113,114)120-98-103(109)99-121-125(115,116)122-101-104(123-107(112)95-92-89-86-83-80-77-74-71-66-33-30-27-24-21-18-15-12-9-6-3)100-118-106(111)94-91-88-85-82-79-76-73-70-68-65-63-61-59-57-55-53-51-49-47-45-43-41-39-37-35-32-29-26-23-20-17-14-11-8-5-2/h7-12,16-21,25-30,34-37,40-43,46,48,66,71,77,80,102-104,108-109H,4-6,13-15,22-24,31-33,38-39,44-45,47,49-65,67-70,72-76,78-79,81-101H2,1-3H3,(H,113,114)(H,115,116)/b10-7-,11-8-,12-9-,19-16-,20-17-,21-18-,28-25-,29-26-,30-27-,36-34-,37-35-,42-40-,43-41-,48-46-,71-66-,80-77-. The maximum absolute atomic E-state index is 13.1. The number of aliphatic hydroxyl groups is 2. The van der Waals surface area contributed by atoms with Crippen LogP contribution in [-0.4, -0.2) is 95.9 Å². The SMILES string of the molecule is CC/C=C\C/C=C\C/C=C\C/C=C\C/C=C\C/C=C\CCCCCCCCCCCCCCCCCCC(=O)OCC(O)COP(=O)(O)OCC(O)COP(=O)(O)OCC(COC(=O)CCCCCCCCCCCCCCCCCCCCC/C=C\C/C=C\C/C=C\C/C=C\C/C=C\CC)OC(=O)CCCCC/C=C\C/C=C\C/C=C\C/C=C\C/C=C\CC. The molecule has 0 heterocycles. The van der Waals surface area contributed by atoms with Gasteiger partial charge in [0.2, 0.25) is 0 Å². The number of hydrogen-bond donors (Lipinski definition) is 4. The second-order valence-corrected chi connectivity index (χ2v) is 35.7. The van der Waals surface area contributed by atoms with Crippen LogP contribution in [0.3, 0.4) is 0 Å². The molecule has 5 unspecified atom stereocenters. The second kappa shape index (κ2) is 97.4. The van der Waals surface area contributed by atoms with Gasteiger partial charge in [0.15, 0.2) is 6.10 Å². The van der Waals surface area contributed by atoms with Crippen molar-refractivity contribution in [2.45, 2.75) is 424 Å². The Balaban J connectivity index is 4.50. The zero-order valence-electron chi connectivity index (χ0n) is 79.0. The molecule has 0 rings (SSSR count). The van der Waals surface area contributed by atoms with Crippen molar-refractivity contribution in [3.05, 3.63) is 194 Å². The molecular formula is C107H180O16P2. The lowest BCUT2D eigenvalue weighted by atomic mass is 10.0. The fourth-order valence-corrected chi connectivity index (χ4v) is 15.0.